The lowest BCUT2D eigenvalue weighted by atomic mass is 10.0. The molecule has 0 atom stereocenters. The van der Waals surface area contributed by atoms with Crippen molar-refractivity contribution in [1.29, 1.82) is 0 Å². The van der Waals surface area contributed by atoms with Gasteiger partial charge in [-0.1, -0.05) is 12.1 Å². The largest absolute Gasteiger partial charge is 0.368 e. The van der Waals surface area contributed by atoms with Gasteiger partial charge < -0.3 is 11.1 Å². The number of carbonyl (C=O) groups is 1. The van der Waals surface area contributed by atoms with Crippen LogP contribution >= 0.6 is 0 Å². The zero-order chi connectivity index (χ0) is 15.6. The number of hydrogen-bond donors (Lipinski definition) is 2. The fraction of sp³-hybridized carbons (Fsp3) is 0.154. The van der Waals surface area contributed by atoms with E-state index in [-0.39, 0.29) is 28.5 Å². The fourth-order valence-electron chi connectivity index (χ4n) is 2.02. The molecule has 0 aliphatic carbocycles. The minimum absolute atomic E-state index is 0.0479. The average Bonchev–Trinajstić information content (AvgIpc) is 2.45. The highest BCUT2D eigenvalue weighted by molar-refractivity contribution is 6.01. The molecule has 8 heteroatoms. The number of amides is 1. The van der Waals surface area contributed by atoms with Gasteiger partial charge in [-0.25, -0.2) is 9.97 Å². The number of aromatic nitrogens is 2. The molecule has 0 saturated carbocycles. The van der Waals surface area contributed by atoms with Gasteiger partial charge in [-0.05, 0) is 13.0 Å². The molecule has 2 aromatic rings. The molecule has 0 aliphatic rings. The van der Waals surface area contributed by atoms with Crippen LogP contribution < -0.4 is 11.1 Å². The summed E-state index contributed by atoms with van der Waals surface area (Å²) in [4.78, 5) is 30.6. The predicted molar refractivity (Wildman–Crippen MR) is 76.7 cm³/mol. The van der Waals surface area contributed by atoms with Crippen LogP contribution in [0.4, 0.5) is 11.6 Å². The number of nitrogens with zero attached hydrogens (tertiary/aromatic N) is 3. The summed E-state index contributed by atoms with van der Waals surface area (Å²) >= 11 is 0. The number of anilines is 1. The van der Waals surface area contributed by atoms with Gasteiger partial charge in [-0.15, -0.1) is 0 Å². The smallest absolute Gasteiger partial charge is 0.278 e. The van der Waals surface area contributed by atoms with E-state index in [0.29, 0.717) is 5.69 Å². The second kappa shape index (κ2) is 5.53. The topological polar surface area (TPSA) is 124 Å². The first-order valence-electron chi connectivity index (χ1n) is 6.05. The quantitative estimate of drug-likeness (QED) is 0.647. The maximum Gasteiger partial charge on any atom is 0.278 e. The number of nitrogens with two attached hydrogens (primary N) is 1. The molecule has 0 radical (unpaired) electrons. The van der Waals surface area contributed by atoms with E-state index in [1.54, 1.807) is 19.1 Å². The van der Waals surface area contributed by atoms with Crippen molar-refractivity contribution in [3.63, 3.8) is 0 Å². The van der Waals surface area contributed by atoms with E-state index < -0.39 is 10.8 Å². The number of benzene rings is 1. The molecule has 1 amide bonds. The first-order chi connectivity index (χ1) is 9.95. The Labute approximate surface area is 120 Å². The van der Waals surface area contributed by atoms with Gasteiger partial charge in [0.25, 0.3) is 11.6 Å². The number of carbonyl (C=O) groups excluding carboxylic acids is 1. The Morgan fingerprint density at radius 1 is 1.33 bits per heavy atom. The highest BCUT2D eigenvalue weighted by atomic mass is 16.6. The van der Waals surface area contributed by atoms with Crippen molar-refractivity contribution in [1.82, 2.24) is 15.3 Å². The molecule has 1 aromatic heterocycles. The van der Waals surface area contributed by atoms with Crippen LogP contribution in [0, 0.1) is 17.0 Å². The van der Waals surface area contributed by atoms with Crippen LogP contribution in [0.5, 0.6) is 0 Å². The normalized spacial score (nSPS) is 10.2. The summed E-state index contributed by atoms with van der Waals surface area (Å²) in [7, 11) is 1.46. The summed E-state index contributed by atoms with van der Waals surface area (Å²) in [5, 5.41) is 13.6. The Balaban J connectivity index is 2.80. The molecule has 0 bridgehead atoms. The number of hydrogen-bond acceptors (Lipinski definition) is 6. The first kappa shape index (κ1) is 14.4. The van der Waals surface area contributed by atoms with Crippen molar-refractivity contribution in [3.05, 3.63) is 45.6 Å². The molecule has 3 N–H and O–H groups in total. The van der Waals surface area contributed by atoms with Gasteiger partial charge in [0, 0.05) is 13.1 Å². The van der Waals surface area contributed by atoms with E-state index in [1.807, 2.05) is 0 Å². The van der Waals surface area contributed by atoms with E-state index in [4.69, 9.17) is 5.73 Å². The Hall–Kier alpha value is -3.03. The van der Waals surface area contributed by atoms with Gasteiger partial charge in [0.05, 0.1) is 27.4 Å². The molecule has 108 valence electrons. The Morgan fingerprint density at radius 3 is 2.62 bits per heavy atom. The molecule has 21 heavy (non-hydrogen) atoms. The SMILES string of the molecule is CNC(=O)c1c(C)nc(N)nc1-c1ccccc1[N+](=O)[O-]. The van der Waals surface area contributed by atoms with Gasteiger partial charge in [-0.3, -0.25) is 14.9 Å². The average molecular weight is 287 g/mol. The number of nitrogens with one attached hydrogen (secondary N) is 1. The lowest BCUT2D eigenvalue weighted by Crippen LogP contribution is -2.22. The fourth-order valence-corrected chi connectivity index (χ4v) is 2.02. The van der Waals surface area contributed by atoms with Crippen LogP contribution in [-0.2, 0) is 0 Å². The number of nitro benzene ring substituents is 1. The molecule has 0 saturated heterocycles. The molecular formula is C13H13N5O3. The number of nitro groups is 1. The summed E-state index contributed by atoms with van der Waals surface area (Å²) in [6.45, 7) is 1.60. The van der Waals surface area contributed by atoms with Crippen LogP contribution in [0.1, 0.15) is 16.1 Å². The molecule has 8 nitrogen and oxygen atoms in total. The molecule has 1 heterocycles. The Bertz CT molecular complexity index is 730. The highest BCUT2D eigenvalue weighted by Gasteiger charge is 2.24. The minimum Gasteiger partial charge on any atom is -0.368 e. The third-order valence-electron chi connectivity index (χ3n) is 2.92. The lowest BCUT2D eigenvalue weighted by molar-refractivity contribution is -0.384. The third-order valence-corrected chi connectivity index (χ3v) is 2.92. The van der Waals surface area contributed by atoms with E-state index in [9.17, 15) is 14.9 Å². The number of aryl methyl sites for hydroxylation is 1. The van der Waals surface area contributed by atoms with Gasteiger partial charge >= 0.3 is 0 Å². The summed E-state index contributed by atoms with van der Waals surface area (Å²) in [6.07, 6.45) is 0. The molecule has 0 unspecified atom stereocenters. The maximum absolute atomic E-state index is 12.0. The van der Waals surface area contributed by atoms with E-state index >= 15 is 0 Å². The van der Waals surface area contributed by atoms with Crippen LogP contribution in [0.2, 0.25) is 0 Å². The summed E-state index contributed by atoms with van der Waals surface area (Å²) in [6, 6.07) is 6.03. The predicted octanol–water partition coefficient (Wildman–Crippen LogP) is 1.30. The van der Waals surface area contributed by atoms with E-state index in [0.717, 1.165) is 0 Å². The number of rotatable bonds is 3. The molecular weight excluding hydrogens is 274 g/mol. The van der Waals surface area contributed by atoms with Crippen molar-refractivity contribution in [2.24, 2.45) is 0 Å². The van der Waals surface area contributed by atoms with Crippen LogP contribution in [0.15, 0.2) is 24.3 Å². The first-order valence-corrected chi connectivity index (χ1v) is 6.05. The van der Waals surface area contributed by atoms with E-state index in [1.165, 1.54) is 19.2 Å². The molecule has 0 spiro atoms. The van der Waals surface area contributed by atoms with Crippen LogP contribution in [0.3, 0.4) is 0 Å². The van der Waals surface area contributed by atoms with Crippen molar-refractivity contribution < 1.29 is 9.72 Å². The Kier molecular flexibility index (Phi) is 3.79. The molecule has 0 fully saturated rings. The van der Waals surface area contributed by atoms with Crippen LogP contribution in [0.25, 0.3) is 11.3 Å². The van der Waals surface area contributed by atoms with Gasteiger partial charge in [0.2, 0.25) is 5.95 Å². The van der Waals surface area contributed by atoms with Crippen molar-refractivity contribution in [2.45, 2.75) is 6.92 Å². The minimum atomic E-state index is -0.531. The third kappa shape index (κ3) is 2.64. The maximum atomic E-state index is 12.0. The van der Waals surface area contributed by atoms with E-state index in [2.05, 4.69) is 15.3 Å². The number of para-hydroxylation sites is 1. The second-order valence-electron chi connectivity index (χ2n) is 4.24. The summed E-state index contributed by atoms with van der Waals surface area (Å²) in [5.41, 5.74) is 6.35. The summed E-state index contributed by atoms with van der Waals surface area (Å²) in [5.74, 6) is -0.478. The van der Waals surface area contributed by atoms with Crippen molar-refractivity contribution in [2.75, 3.05) is 12.8 Å². The highest BCUT2D eigenvalue weighted by Crippen LogP contribution is 2.31. The standard InChI is InChI=1S/C13H13N5O3/c1-7-10(12(19)15-2)11(17-13(14)16-7)8-5-3-4-6-9(8)18(20)21/h3-6H,1-2H3,(H,15,19)(H2,14,16,17). The summed E-state index contributed by atoms with van der Waals surface area (Å²) < 4.78 is 0. The molecule has 2 rings (SSSR count). The van der Waals surface area contributed by atoms with Gasteiger partial charge in [-0.2, -0.15) is 0 Å². The van der Waals surface area contributed by atoms with Crippen molar-refractivity contribution >= 4 is 17.5 Å². The van der Waals surface area contributed by atoms with Gasteiger partial charge in [0.15, 0.2) is 0 Å². The monoisotopic (exact) mass is 287 g/mol. The molecule has 0 aliphatic heterocycles. The van der Waals surface area contributed by atoms with Crippen LogP contribution in [-0.4, -0.2) is 27.8 Å². The zero-order valence-electron chi connectivity index (χ0n) is 11.5. The second-order valence-corrected chi connectivity index (χ2v) is 4.24. The van der Waals surface area contributed by atoms with Crippen molar-refractivity contribution in [3.8, 4) is 11.3 Å². The lowest BCUT2D eigenvalue weighted by Gasteiger charge is -2.11. The van der Waals surface area contributed by atoms with Gasteiger partial charge in [0.1, 0.15) is 0 Å². The zero-order valence-corrected chi connectivity index (χ0v) is 11.5. The molecule has 1 aromatic carbocycles. The Morgan fingerprint density at radius 2 is 2.00 bits per heavy atom. The number of nitrogen functional groups attached to an aromatic ring is 1.